The van der Waals surface area contributed by atoms with Crippen molar-refractivity contribution in [3.63, 3.8) is 0 Å². The molecule has 5 rings (SSSR count). The SMILES string of the molecule is Cc1nc(-c2nnn(C)c2COC(=O)N2CCC(c3ccccc3)C2)ccc1O[C@H]1CCC[C@H](C(=O)O)C1. The fraction of sp³-hybridized carbons (Fsp3) is 0.464. The van der Waals surface area contributed by atoms with Crippen molar-refractivity contribution in [2.24, 2.45) is 13.0 Å². The molecule has 3 aromatic rings. The minimum atomic E-state index is -0.764. The summed E-state index contributed by atoms with van der Waals surface area (Å²) in [5.41, 5.74) is 3.71. The third-order valence-electron chi connectivity index (χ3n) is 7.54. The maximum atomic E-state index is 12.8. The van der Waals surface area contributed by atoms with E-state index in [1.807, 2.05) is 31.2 Å². The molecule has 200 valence electrons. The van der Waals surface area contributed by atoms with Crippen LogP contribution in [0, 0.1) is 12.8 Å². The van der Waals surface area contributed by atoms with Crippen molar-refractivity contribution < 1.29 is 24.2 Å². The number of benzene rings is 1. The van der Waals surface area contributed by atoms with Crippen LogP contribution in [0.4, 0.5) is 4.79 Å². The molecule has 1 N–H and O–H groups in total. The van der Waals surface area contributed by atoms with Gasteiger partial charge in [0.1, 0.15) is 23.7 Å². The van der Waals surface area contributed by atoms with Crippen LogP contribution in [-0.4, -0.2) is 61.2 Å². The lowest BCUT2D eigenvalue weighted by Gasteiger charge is -2.27. The summed E-state index contributed by atoms with van der Waals surface area (Å²) in [5.74, 6) is -0.186. The zero-order valence-electron chi connectivity index (χ0n) is 21.7. The minimum absolute atomic E-state index is 0.0296. The number of hydrogen-bond acceptors (Lipinski definition) is 7. The van der Waals surface area contributed by atoms with Gasteiger partial charge in [-0.15, -0.1) is 5.10 Å². The lowest BCUT2D eigenvalue weighted by atomic mass is 9.87. The van der Waals surface area contributed by atoms with E-state index < -0.39 is 5.97 Å². The lowest BCUT2D eigenvalue weighted by Crippen LogP contribution is -2.29. The molecule has 2 aliphatic rings. The predicted octanol–water partition coefficient (Wildman–Crippen LogP) is 4.33. The average molecular weight is 520 g/mol. The van der Waals surface area contributed by atoms with Crippen molar-refractivity contribution in [1.82, 2.24) is 24.9 Å². The number of aromatic nitrogens is 4. The van der Waals surface area contributed by atoms with E-state index >= 15 is 0 Å². The van der Waals surface area contributed by atoms with E-state index in [9.17, 15) is 14.7 Å². The van der Waals surface area contributed by atoms with Gasteiger partial charge in [-0.3, -0.25) is 4.79 Å². The Hall–Kier alpha value is -3.95. The van der Waals surface area contributed by atoms with Gasteiger partial charge < -0.3 is 19.5 Å². The smallest absolute Gasteiger partial charge is 0.410 e. The Labute approximate surface area is 221 Å². The zero-order valence-corrected chi connectivity index (χ0v) is 21.7. The quantitative estimate of drug-likeness (QED) is 0.490. The second-order valence-electron chi connectivity index (χ2n) is 10.1. The topological polar surface area (TPSA) is 120 Å². The summed E-state index contributed by atoms with van der Waals surface area (Å²) in [7, 11) is 1.76. The Balaban J connectivity index is 1.22. The molecule has 1 saturated heterocycles. The Morgan fingerprint density at radius 3 is 2.68 bits per heavy atom. The van der Waals surface area contributed by atoms with Crippen molar-refractivity contribution in [3.05, 3.63) is 59.4 Å². The number of ether oxygens (including phenoxy) is 2. The number of likely N-dealkylation sites (tertiary alicyclic amines) is 1. The number of carbonyl (C=O) groups is 2. The molecule has 1 aliphatic heterocycles. The molecule has 1 saturated carbocycles. The van der Waals surface area contributed by atoms with Crippen LogP contribution in [0.5, 0.6) is 5.75 Å². The first kappa shape index (κ1) is 25.7. The highest BCUT2D eigenvalue weighted by atomic mass is 16.6. The molecule has 3 atom stereocenters. The fourth-order valence-corrected chi connectivity index (χ4v) is 5.34. The van der Waals surface area contributed by atoms with Gasteiger partial charge in [0.25, 0.3) is 0 Å². The van der Waals surface area contributed by atoms with Gasteiger partial charge in [-0.25, -0.2) is 14.5 Å². The first-order valence-corrected chi connectivity index (χ1v) is 13.1. The highest BCUT2D eigenvalue weighted by molar-refractivity contribution is 5.70. The molecule has 2 aromatic heterocycles. The van der Waals surface area contributed by atoms with E-state index in [0.29, 0.717) is 60.4 Å². The number of aliphatic carboxylic acids is 1. The lowest BCUT2D eigenvalue weighted by molar-refractivity contribution is -0.143. The summed E-state index contributed by atoms with van der Waals surface area (Å²) in [4.78, 5) is 30.6. The predicted molar refractivity (Wildman–Crippen MR) is 139 cm³/mol. The van der Waals surface area contributed by atoms with E-state index in [1.54, 1.807) is 22.7 Å². The highest BCUT2D eigenvalue weighted by Crippen LogP contribution is 2.31. The molecule has 10 nitrogen and oxygen atoms in total. The molecule has 0 spiro atoms. The number of pyridine rings is 1. The summed E-state index contributed by atoms with van der Waals surface area (Å²) in [6.07, 6.45) is 3.26. The highest BCUT2D eigenvalue weighted by Gasteiger charge is 2.30. The van der Waals surface area contributed by atoms with Crippen LogP contribution in [0.25, 0.3) is 11.4 Å². The van der Waals surface area contributed by atoms with Gasteiger partial charge in [0.15, 0.2) is 0 Å². The van der Waals surface area contributed by atoms with Crippen LogP contribution in [0.15, 0.2) is 42.5 Å². The first-order chi connectivity index (χ1) is 18.4. The van der Waals surface area contributed by atoms with Crippen molar-refractivity contribution >= 4 is 12.1 Å². The molecule has 1 aliphatic carbocycles. The van der Waals surface area contributed by atoms with Crippen LogP contribution in [-0.2, 0) is 23.2 Å². The number of carboxylic acid groups (broad SMARTS) is 1. The number of carboxylic acids is 1. The number of nitrogens with zero attached hydrogens (tertiary/aromatic N) is 5. The summed E-state index contributed by atoms with van der Waals surface area (Å²) in [5, 5.41) is 17.7. The number of carbonyl (C=O) groups excluding carboxylic acids is 1. The van der Waals surface area contributed by atoms with E-state index in [2.05, 4.69) is 27.4 Å². The van der Waals surface area contributed by atoms with Crippen molar-refractivity contribution in [2.75, 3.05) is 13.1 Å². The van der Waals surface area contributed by atoms with Gasteiger partial charge >= 0.3 is 12.1 Å². The monoisotopic (exact) mass is 519 g/mol. The second-order valence-corrected chi connectivity index (χ2v) is 10.1. The number of amides is 1. The van der Waals surface area contributed by atoms with Crippen molar-refractivity contribution in [1.29, 1.82) is 0 Å². The molecule has 2 fully saturated rings. The minimum Gasteiger partial charge on any atom is -0.489 e. The second kappa shape index (κ2) is 11.2. The van der Waals surface area contributed by atoms with Gasteiger partial charge in [0.05, 0.1) is 23.4 Å². The molecule has 1 unspecified atom stereocenters. The largest absolute Gasteiger partial charge is 0.489 e. The fourth-order valence-electron chi connectivity index (χ4n) is 5.34. The molecule has 1 aromatic carbocycles. The number of aryl methyl sites for hydroxylation is 2. The third-order valence-corrected chi connectivity index (χ3v) is 7.54. The summed E-state index contributed by atoms with van der Waals surface area (Å²) < 4.78 is 13.4. The standard InChI is InChI=1S/C28H33N5O5/c1-18-25(38-22-10-6-9-20(15-22)27(34)35)12-11-23(29-18)26-24(32(2)31-30-26)17-37-28(36)33-14-13-21(16-33)19-7-4-3-5-8-19/h3-5,7-8,11-12,20-22H,6,9-10,13-17H2,1-2H3,(H,34,35)/t20-,21?,22-/m0/s1. The molecule has 1 amide bonds. The molecule has 3 heterocycles. The maximum absolute atomic E-state index is 12.8. The summed E-state index contributed by atoms with van der Waals surface area (Å²) >= 11 is 0. The Kier molecular flexibility index (Phi) is 7.57. The maximum Gasteiger partial charge on any atom is 0.410 e. The van der Waals surface area contributed by atoms with Gasteiger partial charge in [0, 0.05) is 26.1 Å². The van der Waals surface area contributed by atoms with E-state index in [4.69, 9.17) is 9.47 Å². The molecule has 0 radical (unpaired) electrons. The van der Waals surface area contributed by atoms with Gasteiger partial charge in [-0.2, -0.15) is 0 Å². The number of hydrogen-bond donors (Lipinski definition) is 1. The van der Waals surface area contributed by atoms with Crippen LogP contribution < -0.4 is 4.74 Å². The Morgan fingerprint density at radius 2 is 1.92 bits per heavy atom. The summed E-state index contributed by atoms with van der Waals surface area (Å²) in [6.45, 7) is 3.17. The molecular weight excluding hydrogens is 486 g/mol. The van der Waals surface area contributed by atoms with Gasteiger partial charge in [-0.1, -0.05) is 35.5 Å². The van der Waals surface area contributed by atoms with Crippen LogP contribution in [0.1, 0.15) is 55.0 Å². The normalized spacial score (nSPS) is 21.3. The molecular formula is C28H33N5O5. The van der Waals surface area contributed by atoms with Gasteiger partial charge in [-0.05, 0) is 56.7 Å². The van der Waals surface area contributed by atoms with Crippen LogP contribution in [0.2, 0.25) is 0 Å². The van der Waals surface area contributed by atoms with Crippen molar-refractivity contribution in [2.45, 2.75) is 57.7 Å². The first-order valence-electron chi connectivity index (χ1n) is 13.1. The molecule has 38 heavy (non-hydrogen) atoms. The number of rotatable bonds is 7. The molecule has 10 heteroatoms. The average Bonchev–Trinajstić information content (AvgIpc) is 3.56. The summed E-state index contributed by atoms with van der Waals surface area (Å²) in [6, 6.07) is 13.9. The van der Waals surface area contributed by atoms with E-state index in [1.165, 1.54) is 5.56 Å². The molecule has 0 bridgehead atoms. The Morgan fingerprint density at radius 1 is 1.11 bits per heavy atom. The third kappa shape index (κ3) is 5.64. The van der Waals surface area contributed by atoms with E-state index in [-0.39, 0.29) is 24.7 Å². The Bertz CT molecular complexity index is 1290. The zero-order chi connectivity index (χ0) is 26.6. The van der Waals surface area contributed by atoms with Crippen LogP contribution in [0.3, 0.4) is 0 Å². The van der Waals surface area contributed by atoms with Crippen LogP contribution >= 0.6 is 0 Å². The van der Waals surface area contributed by atoms with E-state index in [0.717, 1.165) is 19.3 Å². The van der Waals surface area contributed by atoms with Crippen molar-refractivity contribution in [3.8, 4) is 17.1 Å². The van der Waals surface area contributed by atoms with Gasteiger partial charge in [0.2, 0.25) is 0 Å².